The summed E-state index contributed by atoms with van der Waals surface area (Å²) in [7, 11) is 0. The van der Waals surface area contributed by atoms with Gasteiger partial charge in [0.1, 0.15) is 6.54 Å². The van der Waals surface area contributed by atoms with E-state index in [1.165, 1.54) is 23.0 Å². The first-order chi connectivity index (χ1) is 13.3. The Morgan fingerprint density at radius 3 is 2.75 bits per heavy atom. The fourth-order valence-electron chi connectivity index (χ4n) is 2.66. The minimum atomic E-state index is -4.48. The van der Waals surface area contributed by atoms with E-state index < -0.39 is 11.7 Å². The lowest BCUT2D eigenvalue weighted by atomic mass is 10.1. The fourth-order valence-corrected chi connectivity index (χ4v) is 2.83. The molecule has 6 nitrogen and oxygen atoms in total. The number of nitrogens with zero attached hydrogens (tertiary/aromatic N) is 4. The lowest BCUT2D eigenvalue weighted by molar-refractivity contribution is -0.137. The molecule has 2 aromatic carbocycles. The van der Waals surface area contributed by atoms with Gasteiger partial charge in [-0.25, -0.2) is 4.98 Å². The number of hydrogen-bond acceptors (Lipinski definition) is 5. The summed E-state index contributed by atoms with van der Waals surface area (Å²) in [6.45, 7) is -0.0731. The Bertz CT molecular complexity index is 1230. The normalized spacial score (nSPS) is 11.9. The third kappa shape index (κ3) is 3.48. The molecule has 28 heavy (non-hydrogen) atoms. The maximum Gasteiger partial charge on any atom is 0.416 e. The maximum absolute atomic E-state index is 12.9. The van der Waals surface area contributed by atoms with E-state index in [1.807, 2.05) is 0 Å². The molecule has 4 aromatic rings. The van der Waals surface area contributed by atoms with Crippen LogP contribution in [0.15, 0.2) is 58.1 Å². The molecule has 0 saturated heterocycles. The summed E-state index contributed by atoms with van der Waals surface area (Å²) in [5.74, 6) is 0.0549. The number of alkyl halides is 3. The Morgan fingerprint density at radius 1 is 1.14 bits per heavy atom. The van der Waals surface area contributed by atoms with Crippen molar-refractivity contribution >= 4 is 22.5 Å². The molecule has 0 fully saturated rings. The minimum absolute atomic E-state index is 0.00493. The van der Waals surface area contributed by atoms with E-state index in [0.717, 1.165) is 12.1 Å². The summed E-state index contributed by atoms with van der Waals surface area (Å²) in [6, 6.07) is 9.30. The zero-order chi connectivity index (χ0) is 19.9. The molecule has 0 spiro atoms. The van der Waals surface area contributed by atoms with Crippen molar-refractivity contribution in [1.29, 1.82) is 0 Å². The van der Waals surface area contributed by atoms with Crippen LogP contribution >= 0.6 is 11.6 Å². The standard InChI is InChI=1S/C18H10ClF3N4O2/c19-12-4-5-13-14(7-12)23-9-26(17(13)27)8-15-24-16(25-28-15)10-2-1-3-11(6-10)18(20,21)22/h1-7,9H,8H2. The highest BCUT2D eigenvalue weighted by atomic mass is 35.5. The first kappa shape index (κ1) is 18.2. The molecule has 0 aliphatic rings. The molecule has 0 N–H and O–H groups in total. The number of fused-ring (bicyclic) bond motifs is 1. The number of halogens is 4. The van der Waals surface area contributed by atoms with Crippen LogP contribution in [0.2, 0.25) is 5.02 Å². The van der Waals surface area contributed by atoms with Gasteiger partial charge in [0.2, 0.25) is 11.7 Å². The molecule has 0 aliphatic heterocycles. The van der Waals surface area contributed by atoms with Crippen molar-refractivity contribution < 1.29 is 17.7 Å². The van der Waals surface area contributed by atoms with Gasteiger partial charge in [-0.2, -0.15) is 18.2 Å². The molecule has 0 atom stereocenters. The zero-order valence-electron chi connectivity index (χ0n) is 13.9. The van der Waals surface area contributed by atoms with Crippen LogP contribution in [0.25, 0.3) is 22.3 Å². The van der Waals surface area contributed by atoms with Crippen molar-refractivity contribution in [3.8, 4) is 11.4 Å². The zero-order valence-corrected chi connectivity index (χ0v) is 14.7. The van der Waals surface area contributed by atoms with E-state index in [4.69, 9.17) is 16.1 Å². The van der Waals surface area contributed by atoms with Crippen LogP contribution in [0, 0.1) is 0 Å². The van der Waals surface area contributed by atoms with Crippen molar-refractivity contribution in [2.75, 3.05) is 0 Å². The van der Waals surface area contributed by atoms with Crippen LogP contribution in [0.3, 0.4) is 0 Å². The molecule has 2 aromatic heterocycles. The second-order valence-electron chi connectivity index (χ2n) is 5.93. The van der Waals surface area contributed by atoms with E-state index in [1.54, 1.807) is 18.2 Å². The average Bonchev–Trinajstić information content (AvgIpc) is 3.12. The molecule has 0 bridgehead atoms. The third-order valence-corrected chi connectivity index (χ3v) is 4.24. The third-order valence-electron chi connectivity index (χ3n) is 4.01. The van der Waals surface area contributed by atoms with E-state index in [-0.39, 0.29) is 29.4 Å². The molecule has 0 amide bonds. The number of benzene rings is 2. The van der Waals surface area contributed by atoms with Crippen LogP contribution in [0.1, 0.15) is 11.5 Å². The van der Waals surface area contributed by atoms with E-state index in [0.29, 0.717) is 15.9 Å². The Balaban J connectivity index is 1.64. The highest BCUT2D eigenvalue weighted by Gasteiger charge is 2.30. The molecule has 0 unspecified atom stereocenters. The maximum atomic E-state index is 12.9. The molecule has 4 rings (SSSR count). The Morgan fingerprint density at radius 2 is 1.96 bits per heavy atom. The van der Waals surface area contributed by atoms with Gasteiger partial charge in [0.15, 0.2) is 0 Å². The number of hydrogen-bond donors (Lipinski definition) is 0. The molecule has 142 valence electrons. The lowest BCUT2D eigenvalue weighted by Gasteiger charge is -2.06. The van der Waals surface area contributed by atoms with E-state index in [2.05, 4.69) is 15.1 Å². The predicted molar refractivity (Wildman–Crippen MR) is 94.9 cm³/mol. The van der Waals surface area contributed by atoms with Gasteiger partial charge in [-0.1, -0.05) is 28.9 Å². The minimum Gasteiger partial charge on any atom is -0.337 e. The SMILES string of the molecule is O=c1c2ccc(Cl)cc2ncn1Cc1nc(-c2cccc(C(F)(F)F)c2)no1. The van der Waals surface area contributed by atoms with Gasteiger partial charge >= 0.3 is 6.18 Å². The second kappa shape index (κ2) is 6.75. The highest BCUT2D eigenvalue weighted by molar-refractivity contribution is 6.31. The quantitative estimate of drug-likeness (QED) is 0.510. The predicted octanol–water partition coefficient (Wildman–Crippen LogP) is 4.17. The summed E-state index contributed by atoms with van der Waals surface area (Å²) >= 11 is 5.89. The van der Waals surface area contributed by atoms with Crippen LogP contribution in [-0.2, 0) is 12.7 Å². The van der Waals surface area contributed by atoms with E-state index in [9.17, 15) is 18.0 Å². The molecule has 10 heteroatoms. The fraction of sp³-hybridized carbons (Fsp3) is 0.111. The van der Waals surface area contributed by atoms with Crippen molar-refractivity contribution in [1.82, 2.24) is 19.7 Å². The summed E-state index contributed by atoms with van der Waals surface area (Å²) < 4.78 is 44.9. The molecule has 0 saturated carbocycles. The monoisotopic (exact) mass is 406 g/mol. The summed E-state index contributed by atoms with van der Waals surface area (Å²) in [5.41, 5.74) is -0.544. The van der Waals surface area contributed by atoms with Crippen LogP contribution in [0.4, 0.5) is 13.2 Å². The van der Waals surface area contributed by atoms with Gasteiger partial charge < -0.3 is 4.52 Å². The summed E-state index contributed by atoms with van der Waals surface area (Å²) in [4.78, 5) is 20.8. The van der Waals surface area contributed by atoms with Crippen LogP contribution in [0.5, 0.6) is 0 Å². The van der Waals surface area contributed by atoms with Crippen molar-refractivity contribution in [3.05, 3.63) is 75.6 Å². The largest absolute Gasteiger partial charge is 0.416 e. The molecule has 2 heterocycles. The molecular weight excluding hydrogens is 397 g/mol. The topological polar surface area (TPSA) is 73.8 Å². The van der Waals surface area contributed by atoms with Gasteiger partial charge in [0, 0.05) is 10.6 Å². The van der Waals surface area contributed by atoms with Gasteiger partial charge in [0.05, 0.1) is 22.8 Å². The Kier molecular flexibility index (Phi) is 4.38. The molecule has 0 radical (unpaired) electrons. The average molecular weight is 407 g/mol. The van der Waals surface area contributed by atoms with Gasteiger partial charge in [0.25, 0.3) is 5.56 Å². The second-order valence-corrected chi connectivity index (χ2v) is 6.37. The van der Waals surface area contributed by atoms with Crippen molar-refractivity contribution in [3.63, 3.8) is 0 Å². The summed E-state index contributed by atoms with van der Waals surface area (Å²) in [6.07, 6.45) is -3.16. The Labute approximate surface area is 160 Å². The van der Waals surface area contributed by atoms with Crippen molar-refractivity contribution in [2.24, 2.45) is 0 Å². The molecule has 0 aliphatic carbocycles. The van der Waals surface area contributed by atoms with Crippen molar-refractivity contribution in [2.45, 2.75) is 12.7 Å². The molecular formula is C18H10ClF3N4O2. The first-order valence-corrected chi connectivity index (χ1v) is 8.34. The summed E-state index contributed by atoms with van der Waals surface area (Å²) in [5, 5.41) is 4.53. The van der Waals surface area contributed by atoms with Gasteiger partial charge in [-0.3, -0.25) is 9.36 Å². The number of rotatable bonds is 3. The van der Waals surface area contributed by atoms with E-state index >= 15 is 0 Å². The first-order valence-electron chi connectivity index (χ1n) is 7.96. The smallest absolute Gasteiger partial charge is 0.337 e. The van der Waals surface area contributed by atoms with Gasteiger partial charge in [-0.05, 0) is 30.3 Å². The van der Waals surface area contributed by atoms with Gasteiger partial charge in [-0.15, -0.1) is 0 Å². The highest BCUT2D eigenvalue weighted by Crippen LogP contribution is 2.31. The van der Waals surface area contributed by atoms with Crippen LogP contribution < -0.4 is 5.56 Å². The number of aromatic nitrogens is 4. The lowest BCUT2D eigenvalue weighted by Crippen LogP contribution is -2.21. The van der Waals surface area contributed by atoms with Crippen LogP contribution in [-0.4, -0.2) is 19.7 Å². The Hall–Kier alpha value is -3.20.